The molecular weight excluding hydrogens is 306 g/mol. The summed E-state index contributed by atoms with van der Waals surface area (Å²) in [7, 11) is 0. The van der Waals surface area contributed by atoms with Crippen LogP contribution in [0.1, 0.15) is 16.1 Å². The fourth-order valence-corrected chi connectivity index (χ4v) is 2.84. The molecule has 0 saturated carbocycles. The maximum atomic E-state index is 8.93. The van der Waals surface area contributed by atoms with Crippen LogP contribution in [0.2, 0.25) is 0 Å². The summed E-state index contributed by atoms with van der Waals surface area (Å²) in [6.45, 7) is 1.93. The van der Waals surface area contributed by atoms with Gasteiger partial charge in [-0.25, -0.2) is 9.97 Å². The van der Waals surface area contributed by atoms with Crippen LogP contribution in [-0.4, -0.2) is 16.2 Å². The number of aromatic nitrogens is 2. The number of nitrogens with zero attached hydrogens (tertiary/aromatic N) is 3. The first kappa shape index (κ1) is 14.9. The van der Waals surface area contributed by atoms with Crippen LogP contribution in [0.15, 0.2) is 42.6 Å². The highest BCUT2D eigenvalue weighted by Crippen LogP contribution is 2.29. The molecule has 1 aromatic carbocycles. The second kappa shape index (κ2) is 6.38. The zero-order chi connectivity index (χ0) is 16.2. The number of hydrogen-bond acceptors (Lipinski definition) is 6. The van der Waals surface area contributed by atoms with Crippen LogP contribution >= 0.6 is 11.3 Å². The predicted molar refractivity (Wildman–Crippen MR) is 92.4 cm³/mol. The van der Waals surface area contributed by atoms with E-state index in [-0.39, 0.29) is 0 Å². The Hall–Kier alpha value is -3.04. The molecule has 0 bridgehead atoms. The predicted octanol–water partition coefficient (Wildman–Crippen LogP) is 4.13. The minimum absolute atomic E-state index is 0.575. The van der Waals surface area contributed by atoms with Gasteiger partial charge in [0, 0.05) is 28.7 Å². The largest absolute Gasteiger partial charge is 0.340 e. The second-order valence-electron chi connectivity index (χ2n) is 4.88. The summed E-state index contributed by atoms with van der Waals surface area (Å²) in [6, 6.07) is 13.5. The minimum atomic E-state index is 0.575. The molecule has 0 spiro atoms. The summed E-state index contributed by atoms with van der Waals surface area (Å²) in [4.78, 5) is 9.27. The van der Waals surface area contributed by atoms with E-state index in [0.717, 1.165) is 33.3 Å². The van der Waals surface area contributed by atoms with Crippen molar-refractivity contribution >= 4 is 29.1 Å². The van der Waals surface area contributed by atoms with E-state index in [2.05, 4.69) is 21.4 Å². The van der Waals surface area contributed by atoms with Crippen LogP contribution in [0, 0.1) is 23.7 Å². The topological polar surface area (TPSA) is 85.5 Å². The van der Waals surface area contributed by atoms with E-state index in [1.165, 1.54) is 17.6 Å². The molecule has 2 heterocycles. The molecule has 2 N–H and O–H groups in total. The summed E-state index contributed by atoms with van der Waals surface area (Å²) in [5, 5.41) is 20.5. The van der Waals surface area contributed by atoms with Crippen LogP contribution in [0.25, 0.3) is 10.6 Å². The van der Waals surface area contributed by atoms with Crippen LogP contribution in [0.5, 0.6) is 0 Å². The molecule has 0 aliphatic carbocycles. The van der Waals surface area contributed by atoms with Crippen molar-refractivity contribution in [2.24, 2.45) is 0 Å². The van der Waals surface area contributed by atoms with Crippen molar-refractivity contribution in [2.75, 3.05) is 5.32 Å². The van der Waals surface area contributed by atoms with Crippen molar-refractivity contribution in [2.45, 2.75) is 6.92 Å². The molecule has 0 radical (unpaired) electrons. The number of thiazole rings is 1. The summed E-state index contributed by atoms with van der Waals surface area (Å²) >= 11 is 1.34. The van der Waals surface area contributed by atoms with E-state index in [9.17, 15) is 0 Å². The van der Waals surface area contributed by atoms with Crippen molar-refractivity contribution in [1.29, 1.82) is 10.7 Å². The molecule has 2 aromatic heterocycles. The smallest absolute Gasteiger partial charge is 0.130 e. The normalized spacial score (nSPS) is 10.1. The number of hydrogen-bond donors (Lipinski definition) is 2. The standard InChI is InChI=1S/C17H13N5S/c1-11-3-2-4-16(21-11)22-15-7-12(5-6-13(15)8-18)17-20-10-14(9-19)23-17/h2-8,10,18H,1H3,(H,21,22). The van der Waals surface area contributed by atoms with E-state index in [0.29, 0.717) is 4.88 Å². The van der Waals surface area contributed by atoms with Crippen LogP contribution in [0.4, 0.5) is 11.5 Å². The van der Waals surface area contributed by atoms with Gasteiger partial charge in [-0.15, -0.1) is 11.3 Å². The number of rotatable bonds is 4. The Morgan fingerprint density at radius 1 is 1.30 bits per heavy atom. The maximum absolute atomic E-state index is 8.93. The minimum Gasteiger partial charge on any atom is -0.340 e. The van der Waals surface area contributed by atoms with Crippen LogP contribution in [-0.2, 0) is 0 Å². The lowest BCUT2D eigenvalue weighted by molar-refractivity contribution is 1.20. The Morgan fingerprint density at radius 2 is 2.17 bits per heavy atom. The van der Waals surface area contributed by atoms with E-state index >= 15 is 0 Å². The van der Waals surface area contributed by atoms with Gasteiger partial charge in [0.2, 0.25) is 0 Å². The number of nitriles is 1. The van der Waals surface area contributed by atoms with Gasteiger partial charge in [-0.3, -0.25) is 0 Å². The number of benzene rings is 1. The molecule has 0 aliphatic rings. The SMILES string of the molecule is Cc1cccc(Nc2cc(-c3ncc(C#N)s3)ccc2C=N)n1. The monoisotopic (exact) mass is 319 g/mol. The molecule has 5 nitrogen and oxygen atoms in total. The first-order chi connectivity index (χ1) is 11.2. The Labute approximate surface area is 137 Å². The molecule has 112 valence electrons. The lowest BCUT2D eigenvalue weighted by Crippen LogP contribution is -1.98. The molecule has 3 rings (SSSR count). The molecule has 3 aromatic rings. The molecule has 0 saturated heterocycles. The van der Waals surface area contributed by atoms with Crippen LogP contribution in [0.3, 0.4) is 0 Å². The third-order valence-corrected chi connectivity index (χ3v) is 4.17. The molecular formula is C17H13N5S. The van der Waals surface area contributed by atoms with E-state index < -0.39 is 0 Å². The first-order valence-electron chi connectivity index (χ1n) is 6.91. The zero-order valence-electron chi connectivity index (χ0n) is 12.4. The Kier molecular flexibility index (Phi) is 4.13. The number of pyridine rings is 1. The molecule has 0 atom stereocenters. The van der Waals surface area contributed by atoms with Gasteiger partial charge in [0.1, 0.15) is 21.8 Å². The number of anilines is 2. The first-order valence-corrected chi connectivity index (χ1v) is 7.73. The van der Waals surface area contributed by atoms with Gasteiger partial charge in [-0.1, -0.05) is 18.2 Å². The van der Waals surface area contributed by atoms with E-state index in [1.807, 2.05) is 43.3 Å². The highest BCUT2D eigenvalue weighted by atomic mass is 32.1. The molecule has 23 heavy (non-hydrogen) atoms. The fraction of sp³-hybridized carbons (Fsp3) is 0.0588. The van der Waals surface area contributed by atoms with Gasteiger partial charge in [-0.05, 0) is 25.1 Å². The summed E-state index contributed by atoms with van der Waals surface area (Å²) in [5.41, 5.74) is 3.36. The Bertz CT molecular complexity index is 907. The van der Waals surface area contributed by atoms with Crippen molar-refractivity contribution in [3.05, 3.63) is 58.7 Å². The van der Waals surface area contributed by atoms with Crippen molar-refractivity contribution in [3.63, 3.8) is 0 Å². The third kappa shape index (κ3) is 3.25. The van der Waals surface area contributed by atoms with Gasteiger partial charge in [-0.2, -0.15) is 5.26 Å². The summed E-state index contributed by atoms with van der Waals surface area (Å²) < 4.78 is 0. The highest BCUT2D eigenvalue weighted by Gasteiger charge is 2.09. The lowest BCUT2D eigenvalue weighted by Gasteiger charge is -2.10. The van der Waals surface area contributed by atoms with Gasteiger partial charge in [0.25, 0.3) is 0 Å². The Balaban J connectivity index is 1.99. The zero-order valence-corrected chi connectivity index (χ0v) is 13.2. The number of nitrogens with one attached hydrogen (secondary N) is 2. The molecule has 0 amide bonds. The van der Waals surface area contributed by atoms with Gasteiger partial charge < -0.3 is 10.7 Å². The quantitative estimate of drug-likeness (QED) is 0.708. The fourth-order valence-electron chi connectivity index (χ4n) is 2.13. The lowest BCUT2D eigenvalue weighted by atomic mass is 10.1. The molecule has 6 heteroatoms. The maximum Gasteiger partial charge on any atom is 0.130 e. The van der Waals surface area contributed by atoms with Crippen LogP contribution < -0.4 is 5.32 Å². The molecule has 0 aliphatic heterocycles. The van der Waals surface area contributed by atoms with Crippen molar-refractivity contribution in [1.82, 2.24) is 9.97 Å². The average molecular weight is 319 g/mol. The molecule has 0 fully saturated rings. The third-order valence-electron chi connectivity index (χ3n) is 3.22. The second-order valence-corrected chi connectivity index (χ2v) is 5.91. The highest BCUT2D eigenvalue weighted by molar-refractivity contribution is 7.15. The number of aryl methyl sites for hydroxylation is 1. The molecule has 0 unspecified atom stereocenters. The Morgan fingerprint density at radius 3 is 2.87 bits per heavy atom. The summed E-state index contributed by atoms with van der Waals surface area (Å²) in [5.74, 6) is 0.724. The summed E-state index contributed by atoms with van der Waals surface area (Å²) in [6.07, 6.45) is 2.87. The van der Waals surface area contributed by atoms with Gasteiger partial charge in [0.05, 0.1) is 6.20 Å². The van der Waals surface area contributed by atoms with Gasteiger partial charge >= 0.3 is 0 Å². The van der Waals surface area contributed by atoms with Gasteiger partial charge in [0.15, 0.2) is 0 Å². The average Bonchev–Trinajstić information content (AvgIpc) is 3.04. The van der Waals surface area contributed by atoms with E-state index in [4.69, 9.17) is 10.7 Å². The van der Waals surface area contributed by atoms with Crippen molar-refractivity contribution < 1.29 is 0 Å². The van der Waals surface area contributed by atoms with E-state index in [1.54, 1.807) is 6.20 Å². The van der Waals surface area contributed by atoms with Crippen molar-refractivity contribution in [3.8, 4) is 16.6 Å².